The van der Waals surface area contributed by atoms with Crippen LogP contribution in [-0.2, 0) is 9.53 Å². The molecule has 0 N–H and O–H groups in total. The average Bonchev–Trinajstić information content (AvgIpc) is 2.91. The van der Waals surface area contributed by atoms with E-state index in [1.165, 1.54) is 0 Å². The zero-order valence-electron chi connectivity index (χ0n) is 12.2. The van der Waals surface area contributed by atoms with Crippen molar-refractivity contribution in [3.05, 3.63) is 46.0 Å². The van der Waals surface area contributed by atoms with Crippen LogP contribution >= 0.6 is 15.9 Å². The second-order valence-electron chi connectivity index (χ2n) is 4.88. The lowest BCUT2D eigenvalue weighted by atomic mass is 9.99. The second-order valence-corrected chi connectivity index (χ2v) is 5.80. The Labute approximate surface area is 131 Å². The molecule has 1 aromatic carbocycles. The van der Waals surface area contributed by atoms with Gasteiger partial charge in [-0.25, -0.2) is 0 Å². The van der Waals surface area contributed by atoms with Crippen LogP contribution in [0.3, 0.4) is 0 Å². The summed E-state index contributed by atoms with van der Waals surface area (Å²) in [5.74, 6) is -0.108. The Hall–Kier alpha value is -1.69. The van der Waals surface area contributed by atoms with E-state index in [1.54, 1.807) is 6.92 Å². The summed E-state index contributed by atoms with van der Waals surface area (Å²) in [6, 6.07) is 7.40. The number of benzene rings is 1. The molecule has 1 atom stereocenters. The predicted molar refractivity (Wildman–Crippen MR) is 81.0 cm³/mol. The summed E-state index contributed by atoms with van der Waals surface area (Å²) in [5, 5.41) is 3.92. The summed E-state index contributed by atoms with van der Waals surface area (Å²) in [6.07, 6.45) is 0. The first kappa shape index (κ1) is 15.7. The molecule has 1 unspecified atom stereocenters. The number of carbonyl (C=O) groups excluding carboxylic acids is 1. The number of hydrogen-bond donors (Lipinski definition) is 0. The van der Waals surface area contributed by atoms with Gasteiger partial charge in [-0.1, -0.05) is 47.1 Å². The van der Waals surface area contributed by atoms with Gasteiger partial charge in [0.05, 0.1) is 6.61 Å². The van der Waals surface area contributed by atoms with E-state index in [0.29, 0.717) is 12.4 Å². The molecule has 1 aromatic heterocycles. The number of hydrogen-bond acceptors (Lipinski definition) is 5. The summed E-state index contributed by atoms with van der Waals surface area (Å²) in [5.41, 5.74) is 0.760. The van der Waals surface area contributed by atoms with E-state index in [-0.39, 0.29) is 11.8 Å². The van der Waals surface area contributed by atoms with Crippen molar-refractivity contribution in [1.29, 1.82) is 0 Å². The van der Waals surface area contributed by atoms with Gasteiger partial charge < -0.3 is 9.26 Å². The van der Waals surface area contributed by atoms with Crippen LogP contribution in [0.25, 0.3) is 0 Å². The predicted octanol–water partition coefficient (Wildman–Crippen LogP) is 3.65. The van der Waals surface area contributed by atoms with Crippen molar-refractivity contribution in [2.24, 2.45) is 0 Å². The Kier molecular flexibility index (Phi) is 5.12. The monoisotopic (exact) mass is 352 g/mol. The summed E-state index contributed by atoms with van der Waals surface area (Å²) in [7, 11) is 0. The molecule has 0 saturated carbocycles. The lowest BCUT2D eigenvalue weighted by Gasteiger charge is -2.12. The first-order chi connectivity index (χ1) is 10.0. The van der Waals surface area contributed by atoms with E-state index in [1.807, 2.05) is 38.1 Å². The molecule has 0 aliphatic heterocycles. The number of esters is 1. The fraction of sp³-hybridized carbons (Fsp3) is 0.400. The van der Waals surface area contributed by atoms with Crippen molar-refractivity contribution in [2.75, 3.05) is 6.61 Å². The minimum atomic E-state index is -0.696. The molecule has 5 nitrogen and oxygen atoms in total. The minimum Gasteiger partial charge on any atom is -0.465 e. The quantitative estimate of drug-likeness (QED) is 0.768. The third-order valence-corrected chi connectivity index (χ3v) is 3.48. The molecule has 0 radical (unpaired) electrons. The van der Waals surface area contributed by atoms with E-state index in [2.05, 4.69) is 26.1 Å². The third-order valence-electron chi connectivity index (χ3n) is 2.95. The molecule has 1 heterocycles. The van der Waals surface area contributed by atoms with Gasteiger partial charge in [-0.2, -0.15) is 4.98 Å². The van der Waals surface area contributed by atoms with E-state index < -0.39 is 11.9 Å². The van der Waals surface area contributed by atoms with Crippen LogP contribution < -0.4 is 0 Å². The molecular weight excluding hydrogens is 336 g/mol. The van der Waals surface area contributed by atoms with Crippen molar-refractivity contribution in [1.82, 2.24) is 10.1 Å². The van der Waals surface area contributed by atoms with Crippen LogP contribution in [0.5, 0.6) is 0 Å². The molecule has 0 aliphatic rings. The van der Waals surface area contributed by atoms with E-state index in [0.717, 1.165) is 10.0 Å². The van der Waals surface area contributed by atoms with Gasteiger partial charge in [-0.05, 0) is 24.6 Å². The topological polar surface area (TPSA) is 65.2 Å². The zero-order valence-corrected chi connectivity index (χ0v) is 13.8. The SMILES string of the molecule is CCOC(=O)C(c1ccc(Br)cc1)c1nc(C(C)C)no1. The van der Waals surface area contributed by atoms with Crippen LogP contribution in [-0.4, -0.2) is 22.7 Å². The third kappa shape index (κ3) is 3.69. The van der Waals surface area contributed by atoms with E-state index in [9.17, 15) is 4.79 Å². The molecule has 112 valence electrons. The number of halogens is 1. The van der Waals surface area contributed by atoms with Crippen LogP contribution in [0.2, 0.25) is 0 Å². The maximum Gasteiger partial charge on any atom is 0.323 e. The van der Waals surface area contributed by atoms with Gasteiger partial charge in [0.1, 0.15) is 0 Å². The lowest BCUT2D eigenvalue weighted by Crippen LogP contribution is -2.17. The van der Waals surface area contributed by atoms with Gasteiger partial charge in [0.25, 0.3) is 0 Å². The summed E-state index contributed by atoms with van der Waals surface area (Å²) >= 11 is 3.37. The van der Waals surface area contributed by atoms with Crippen molar-refractivity contribution in [3.63, 3.8) is 0 Å². The number of rotatable bonds is 5. The summed E-state index contributed by atoms with van der Waals surface area (Å²) in [4.78, 5) is 16.6. The van der Waals surface area contributed by atoms with Crippen molar-refractivity contribution < 1.29 is 14.1 Å². The standard InChI is InChI=1S/C15H17BrN2O3/c1-4-20-15(19)12(10-5-7-11(16)8-6-10)14-17-13(9(2)3)18-21-14/h5-9,12H,4H2,1-3H3. The second kappa shape index (κ2) is 6.85. The fourth-order valence-electron chi connectivity index (χ4n) is 1.86. The van der Waals surface area contributed by atoms with Crippen LogP contribution in [0.1, 0.15) is 49.9 Å². The molecule has 0 amide bonds. The Morgan fingerprint density at radius 2 is 2.00 bits per heavy atom. The summed E-state index contributed by atoms with van der Waals surface area (Å²) < 4.78 is 11.3. The highest BCUT2D eigenvalue weighted by atomic mass is 79.9. The maximum atomic E-state index is 12.2. The molecular formula is C15H17BrN2O3. The first-order valence-electron chi connectivity index (χ1n) is 6.78. The molecule has 0 saturated heterocycles. The van der Waals surface area contributed by atoms with Gasteiger partial charge in [0, 0.05) is 10.4 Å². The zero-order chi connectivity index (χ0) is 15.4. The lowest BCUT2D eigenvalue weighted by molar-refractivity contribution is -0.144. The Bertz CT molecular complexity index is 608. The Morgan fingerprint density at radius 1 is 1.33 bits per heavy atom. The van der Waals surface area contributed by atoms with Gasteiger partial charge in [-0.3, -0.25) is 4.79 Å². The number of carbonyl (C=O) groups is 1. The first-order valence-corrected chi connectivity index (χ1v) is 7.57. The van der Waals surface area contributed by atoms with Gasteiger partial charge in [0.15, 0.2) is 11.7 Å². The molecule has 0 aliphatic carbocycles. The van der Waals surface area contributed by atoms with E-state index in [4.69, 9.17) is 9.26 Å². The molecule has 0 bridgehead atoms. The Balaban J connectivity index is 2.39. The fourth-order valence-corrected chi connectivity index (χ4v) is 2.12. The van der Waals surface area contributed by atoms with Crippen LogP contribution in [0, 0.1) is 0 Å². The van der Waals surface area contributed by atoms with Crippen LogP contribution in [0.15, 0.2) is 33.3 Å². The van der Waals surface area contributed by atoms with Gasteiger partial charge in [-0.15, -0.1) is 0 Å². The van der Waals surface area contributed by atoms with Gasteiger partial charge >= 0.3 is 5.97 Å². The maximum absolute atomic E-state index is 12.2. The molecule has 2 rings (SSSR count). The molecule has 6 heteroatoms. The van der Waals surface area contributed by atoms with Crippen molar-refractivity contribution >= 4 is 21.9 Å². The number of ether oxygens (including phenoxy) is 1. The highest BCUT2D eigenvalue weighted by Gasteiger charge is 2.30. The molecule has 2 aromatic rings. The highest BCUT2D eigenvalue weighted by Crippen LogP contribution is 2.27. The average molecular weight is 353 g/mol. The number of aromatic nitrogens is 2. The molecule has 21 heavy (non-hydrogen) atoms. The smallest absolute Gasteiger partial charge is 0.323 e. The highest BCUT2D eigenvalue weighted by molar-refractivity contribution is 9.10. The summed E-state index contributed by atoms with van der Waals surface area (Å²) in [6.45, 7) is 6.00. The molecule has 0 fully saturated rings. The Morgan fingerprint density at radius 3 is 2.52 bits per heavy atom. The van der Waals surface area contributed by atoms with Gasteiger partial charge in [0.2, 0.25) is 5.89 Å². The number of nitrogens with zero attached hydrogens (tertiary/aromatic N) is 2. The van der Waals surface area contributed by atoms with Crippen molar-refractivity contribution in [2.45, 2.75) is 32.6 Å². The van der Waals surface area contributed by atoms with E-state index >= 15 is 0 Å². The minimum absolute atomic E-state index is 0.135. The normalized spacial score (nSPS) is 12.4. The van der Waals surface area contributed by atoms with Crippen molar-refractivity contribution in [3.8, 4) is 0 Å². The van der Waals surface area contributed by atoms with Crippen LogP contribution in [0.4, 0.5) is 0 Å². The molecule has 0 spiro atoms. The largest absolute Gasteiger partial charge is 0.465 e.